The van der Waals surface area contributed by atoms with Gasteiger partial charge in [-0.25, -0.2) is 0 Å². The number of nitrogens with two attached hydrogens (primary N) is 1. The van der Waals surface area contributed by atoms with E-state index in [1.54, 1.807) is 0 Å². The highest BCUT2D eigenvalue weighted by Crippen LogP contribution is 2.31. The van der Waals surface area contributed by atoms with E-state index in [0.29, 0.717) is 16.5 Å². The minimum atomic E-state index is -0.498. The fourth-order valence-electron chi connectivity index (χ4n) is 2.10. The van der Waals surface area contributed by atoms with Crippen molar-refractivity contribution in [1.29, 1.82) is 0 Å². The van der Waals surface area contributed by atoms with Crippen LogP contribution in [0.2, 0.25) is 10.0 Å². The molecule has 2 N–H and O–H groups in total. The summed E-state index contributed by atoms with van der Waals surface area (Å²) >= 11 is 12.4. The lowest BCUT2D eigenvalue weighted by Gasteiger charge is -2.26. The van der Waals surface area contributed by atoms with Crippen molar-refractivity contribution in [3.63, 3.8) is 0 Å². The van der Waals surface area contributed by atoms with Gasteiger partial charge in [0.1, 0.15) is 0 Å². The SMILES string of the molecule is Cc1ccc(C(C)(N)Cc2c(Cl)cccc2Cl)cc1. The van der Waals surface area contributed by atoms with E-state index in [0.717, 1.165) is 11.1 Å². The predicted octanol–water partition coefficient (Wildman–Crippen LogP) is 4.72. The van der Waals surface area contributed by atoms with Gasteiger partial charge in [-0.15, -0.1) is 0 Å². The summed E-state index contributed by atoms with van der Waals surface area (Å²) in [5.41, 5.74) is 9.14. The Bertz CT molecular complexity index is 554. The first-order valence-electron chi connectivity index (χ1n) is 6.19. The van der Waals surface area contributed by atoms with Crippen LogP contribution in [0.3, 0.4) is 0 Å². The number of aryl methyl sites for hydroxylation is 1. The molecule has 0 amide bonds. The minimum absolute atomic E-state index is 0.498. The van der Waals surface area contributed by atoms with Gasteiger partial charge in [0.15, 0.2) is 0 Å². The molecular weight excluding hydrogens is 277 g/mol. The van der Waals surface area contributed by atoms with Crippen LogP contribution in [-0.4, -0.2) is 0 Å². The average molecular weight is 294 g/mol. The van der Waals surface area contributed by atoms with Gasteiger partial charge in [0.2, 0.25) is 0 Å². The molecule has 2 aromatic rings. The van der Waals surface area contributed by atoms with Crippen LogP contribution in [0.15, 0.2) is 42.5 Å². The predicted molar refractivity (Wildman–Crippen MR) is 82.9 cm³/mol. The summed E-state index contributed by atoms with van der Waals surface area (Å²) in [6, 6.07) is 13.8. The monoisotopic (exact) mass is 293 g/mol. The van der Waals surface area contributed by atoms with Gasteiger partial charge in [0.05, 0.1) is 0 Å². The third-order valence-corrected chi connectivity index (χ3v) is 4.02. The first-order chi connectivity index (χ1) is 8.90. The van der Waals surface area contributed by atoms with E-state index in [1.165, 1.54) is 5.56 Å². The zero-order valence-corrected chi connectivity index (χ0v) is 12.6. The van der Waals surface area contributed by atoms with Crippen molar-refractivity contribution >= 4 is 23.2 Å². The van der Waals surface area contributed by atoms with Crippen LogP contribution >= 0.6 is 23.2 Å². The number of hydrogen-bond acceptors (Lipinski definition) is 1. The summed E-state index contributed by atoms with van der Waals surface area (Å²) in [7, 11) is 0. The van der Waals surface area contributed by atoms with Crippen LogP contribution in [0.4, 0.5) is 0 Å². The van der Waals surface area contributed by atoms with Crippen molar-refractivity contribution in [2.75, 3.05) is 0 Å². The Kier molecular flexibility index (Phi) is 4.19. The maximum absolute atomic E-state index is 6.44. The van der Waals surface area contributed by atoms with Gasteiger partial charge in [-0.2, -0.15) is 0 Å². The summed E-state index contributed by atoms with van der Waals surface area (Å²) in [5, 5.41) is 1.33. The van der Waals surface area contributed by atoms with Crippen LogP contribution in [-0.2, 0) is 12.0 Å². The topological polar surface area (TPSA) is 26.0 Å². The summed E-state index contributed by atoms with van der Waals surface area (Å²) in [6.07, 6.45) is 0.606. The molecule has 0 radical (unpaired) electrons. The lowest BCUT2D eigenvalue weighted by molar-refractivity contribution is 0.491. The Balaban J connectivity index is 2.33. The second-order valence-corrected chi connectivity index (χ2v) is 5.97. The maximum Gasteiger partial charge on any atom is 0.0453 e. The van der Waals surface area contributed by atoms with Crippen LogP contribution < -0.4 is 5.73 Å². The number of halogens is 2. The lowest BCUT2D eigenvalue weighted by Crippen LogP contribution is -2.35. The first-order valence-corrected chi connectivity index (χ1v) is 6.95. The Morgan fingerprint density at radius 1 is 1.00 bits per heavy atom. The maximum atomic E-state index is 6.44. The van der Waals surface area contributed by atoms with Crippen LogP contribution in [0.5, 0.6) is 0 Å². The van der Waals surface area contributed by atoms with E-state index in [2.05, 4.69) is 31.2 Å². The molecule has 1 atom stereocenters. The molecule has 3 heteroatoms. The average Bonchev–Trinajstić information content (AvgIpc) is 2.35. The Morgan fingerprint density at radius 2 is 1.53 bits per heavy atom. The van der Waals surface area contributed by atoms with Crippen molar-refractivity contribution < 1.29 is 0 Å². The van der Waals surface area contributed by atoms with Gasteiger partial charge in [0, 0.05) is 15.6 Å². The smallest absolute Gasteiger partial charge is 0.0453 e. The molecule has 0 aromatic heterocycles. The molecule has 0 aliphatic heterocycles. The Morgan fingerprint density at radius 3 is 2.05 bits per heavy atom. The van der Waals surface area contributed by atoms with Crippen LogP contribution in [0.1, 0.15) is 23.6 Å². The fourth-order valence-corrected chi connectivity index (χ4v) is 2.64. The van der Waals surface area contributed by atoms with Gasteiger partial charge >= 0.3 is 0 Å². The standard InChI is InChI=1S/C16H17Cl2N/c1-11-6-8-12(9-7-11)16(2,19)10-13-14(17)4-3-5-15(13)18/h3-9H,10,19H2,1-2H3. The minimum Gasteiger partial charge on any atom is -0.321 e. The molecule has 0 aliphatic carbocycles. The Labute approximate surface area is 124 Å². The third-order valence-electron chi connectivity index (χ3n) is 3.32. The van der Waals surface area contributed by atoms with E-state index in [4.69, 9.17) is 28.9 Å². The summed E-state index contributed by atoms with van der Waals surface area (Å²) in [5.74, 6) is 0. The number of rotatable bonds is 3. The zero-order valence-electron chi connectivity index (χ0n) is 11.1. The third kappa shape index (κ3) is 3.30. The lowest BCUT2D eigenvalue weighted by atomic mass is 9.86. The molecule has 0 aliphatic rings. The second kappa shape index (κ2) is 5.54. The van der Waals surface area contributed by atoms with Crippen molar-refractivity contribution in [3.05, 3.63) is 69.2 Å². The zero-order chi connectivity index (χ0) is 14.0. The molecule has 2 aromatic carbocycles. The highest BCUT2D eigenvalue weighted by molar-refractivity contribution is 6.36. The quantitative estimate of drug-likeness (QED) is 0.871. The first kappa shape index (κ1) is 14.4. The van der Waals surface area contributed by atoms with E-state index in [-0.39, 0.29) is 0 Å². The normalized spacial score (nSPS) is 14.2. The van der Waals surface area contributed by atoms with Crippen molar-refractivity contribution in [2.24, 2.45) is 5.73 Å². The van der Waals surface area contributed by atoms with Crippen molar-refractivity contribution in [3.8, 4) is 0 Å². The number of hydrogen-bond donors (Lipinski definition) is 1. The summed E-state index contributed by atoms with van der Waals surface area (Å²) in [6.45, 7) is 4.06. The molecule has 2 rings (SSSR count). The van der Waals surface area contributed by atoms with E-state index >= 15 is 0 Å². The van der Waals surface area contributed by atoms with E-state index in [1.807, 2.05) is 25.1 Å². The highest BCUT2D eigenvalue weighted by Gasteiger charge is 2.24. The number of benzene rings is 2. The van der Waals surface area contributed by atoms with E-state index < -0.39 is 5.54 Å². The molecule has 100 valence electrons. The molecule has 0 spiro atoms. The summed E-state index contributed by atoms with van der Waals surface area (Å²) in [4.78, 5) is 0. The summed E-state index contributed by atoms with van der Waals surface area (Å²) < 4.78 is 0. The molecule has 19 heavy (non-hydrogen) atoms. The molecule has 0 bridgehead atoms. The molecule has 0 heterocycles. The van der Waals surface area contributed by atoms with Crippen molar-refractivity contribution in [2.45, 2.75) is 25.8 Å². The highest BCUT2D eigenvalue weighted by atomic mass is 35.5. The molecule has 0 saturated heterocycles. The molecular formula is C16H17Cl2N. The van der Waals surface area contributed by atoms with Crippen molar-refractivity contribution in [1.82, 2.24) is 0 Å². The molecule has 1 nitrogen and oxygen atoms in total. The van der Waals surface area contributed by atoms with Crippen LogP contribution in [0, 0.1) is 6.92 Å². The van der Waals surface area contributed by atoms with Gasteiger partial charge < -0.3 is 5.73 Å². The van der Waals surface area contributed by atoms with Gasteiger partial charge in [-0.05, 0) is 43.5 Å². The van der Waals surface area contributed by atoms with Crippen LogP contribution in [0.25, 0.3) is 0 Å². The Hall–Kier alpha value is -1.02. The van der Waals surface area contributed by atoms with Gasteiger partial charge in [0.25, 0.3) is 0 Å². The fraction of sp³-hybridized carbons (Fsp3) is 0.250. The largest absolute Gasteiger partial charge is 0.321 e. The molecule has 0 fully saturated rings. The van der Waals surface area contributed by atoms with Gasteiger partial charge in [-0.3, -0.25) is 0 Å². The molecule has 0 saturated carbocycles. The second-order valence-electron chi connectivity index (χ2n) is 5.16. The molecule has 1 unspecified atom stereocenters. The van der Waals surface area contributed by atoms with E-state index in [9.17, 15) is 0 Å². The van der Waals surface area contributed by atoms with Gasteiger partial charge in [-0.1, -0.05) is 59.1 Å².